The fourth-order valence-corrected chi connectivity index (χ4v) is 1.93. The van der Waals surface area contributed by atoms with Gasteiger partial charge in [-0.1, -0.05) is 24.3 Å². The van der Waals surface area contributed by atoms with Crippen LogP contribution in [0.1, 0.15) is 0 Å². The molecule has 2 aromatic carbocycles. The zero-order valence-electron chi connectivity index (χ0n) is 9.66. The summed E-state index contributed by atoms with van der Waals surface area (Å²) in [6, 6.07) is 14.0. The van der Waals surface area contributed by atoms with Crippen molar-refractivity contribution in [3.8, 4) is 11.3 Å². The standard InChI is InChI=1S/C15H8F2N.Ir/c16-11-7-5-10(6-8-11)15-13-4-2-1-3-12(13)14(17)9-18-15;/h1-5,7-9H;/q-1;. The van der Waals surface area contributed by atoms with Gasteiger partial charge in [0, 0.05) is 31.3 Å². The third-order valence-electron chi connectivity index (χ3n) is 2.78. The van der Waals surface area contributed by atoms with Crippen molar-refractivity contribution in [2.75, 3.05) is 0 Å². The molecule has 0 fully saturated rings. The molecule has 0 bridgehead atoms. The topological polar surface area (TPSA) is 12.9 Å². The largest absolute Gasteiger partial charge is 0.301 e. The molecule has 97 valence electrons. The van der Waals surface area contributed by atoms with Crippen LogP contribution in [0.4, 0.5) is 8.78 Å². The Bertz CT molecular complexity index is 711. The normalized spacial score (nSPS) is 10.2. The molecule has 0 aliphatic carbocycles. The molecule has 1 aromatic heterocycles. The Morgan fingerprint density at radius 3 is 2.37 bits per heavy atom. The minimum absolute atomic E-state index is 0. The fraction of sp³-hybridized carbons (Fsp3) is 0. The SMILES string of the molecule is Fc1c[c-]c(-c2ncc(F)c3ccccc23)cc1.[Ir]. The summed E-state index contributed by atoms with van der Waals surface area (Å²) in [5, 5.41) is 1.19. The summed E-state index contributed by atoms with van der Waals surface area (Å²) in [7, 11) is 0. The second-order valence-corrected chi connectivity index (χ2v) is 3.92. The quantitative estimate of drug-likeness (QED) is 0.531. The van der Waals surface area contributed by atoms with Gasteiger partial charge in [0.25, 0.3) is 0 Å². The van der Waals surface area contributed by atoms with Gasteiger partial charge in [-0.3, -0.25) is 4.39 Å². The van der Waals surface area contributed by atoms with Gasteiger partial charge in [-0.05, 0) is 11.1 Å². The molecule has 0 aliphatic heterocycles. The second kappa shape index (κ2) is 5.55. The maximum Gasteiger partial charge on any atom is 0.147 e. The Hall–Kier alpha value is -1.64. The van der Waals surface area contributed by atoms with Crippen molar-refractivity contribution >= 4 is 10.8 Å². The monoisotopic (exact) mass is 433 g/mol. The van der Waals surface area contributed by atoms with Gasteiger partial charge in [0.05, 0.1) is 6.20 Å². The van der Waals surface area contributed by atoms with Crippen LogP contribution in [0.25, 0.3) is 22.0 Å². The van der Waals surface area contributed by atoms with E-state index in [1.807, 2.05) is 6.07 Å². The van der Waals surface area contributed by atoms with Crippen LogP contribution in [0.15, 0.2) is 48.7 Å². The van der Waals surface area contributed by atoms with Crippen molar-refractivity contribution in [1.82, 2.24) is 4.98 Å². The van der Waals surface area contributed by atoms with Gasteiger partial charge in [-0.2, -0.15) is 0 Å². The molecule has 0 unspecified atom stereocenters. The smallest absolute Gasteiger partial charge is 0.147 e. The number of pyridine rings is 1. The minimum atomic E-state index is -0.364. The Kier molecular flexibility index (Phi) is 4.03. The molecule has 0 aliphatic rings. The second-order valence-electron chi connectivity index (χ2n) is 3.92. The first kappa shape index (κ1) is 13.8. The molecule has 19 heavy (non-hydrogen) atoms. The number of nitrogens with zero attached hydrogens (tertiary/aromatic N) is 1. The van der Waals surface area contributed by atoms with Gasteiger partial charge in [0.2, 0.25) is 0 Å². The van der Waals surface area contributed by atoms with E-state index < -0.39 is 0 Å². The van der Waals surface area contributed by atoms with E-state index in [2.05, 4.69) is 11.1 Å². The van der Waals surface area contributed by atoms with Crippen LogP contribution in [0.2, 0.25) is 0 Å². The Morgan fingerprint density at radius 2 is 1.68 bits per heavy atom. The molecule has 4 heteroatoms. The summed E-state index contributed by atoms with van der Waals surface area (Å²) in [5.74, 6) is -0.721. The van der Waals surface area contributed by atoms with E-state index in [0.717, 1.165) is 0 Å². The molecule has 1 nitrogen and oxygen atoms in total. The predicted octanol–water partition coefficient (Wildman–Crippen LogP) is 3.98. The third kappa shape index (κ3) is 2.55. The first-order valence-corrected chi connectivity index (χ1v) is 5.46. The zero-order valence-corrected chi connectivity index (χ0v) is 12.1. The van der Waals surface area contributed by atoms with Gasteiger partial charge < -0.3 is 4.98 Å². The molecular formula is C15H8F2IrN-. The van der Waals surface area contributed by atoms with Crippen molar-refractivity contribution < 1.29 is 28.9 Å². The van der Waals surface area contributed by atoms with Gasteiger partial charge in [0.1, 0.15) is 5.82 Å². The number of fused-ring (bicyclic) bond motifs is 1. The molecule has 1 radical (unpaired) electrons. The van der Waals surface area contributed by atoms with Gasteiger partial charge >= 0.3 is 0 Å². The average molecular weight is 432 g/mol. The van der Waals surface area contributed by atoms with Crippen LogP contribution < -0.4 is 0 Å². The summed E-state index contributed by atoms with van der Waals surface area (Å²) in [5.41, 5.74) is 1.25. The molecule has 3 rings (SSSR count). The van der Waals surface area contributed by atoms with Crippen molar-refractivity contribution in [2.45, 2.75) is 0 Å². The van der Waals surface area contributed by atoms with Crippen LogP contribution in [0.3, 0.4) is 0 Å². The predicted molar refractivity (Wildman–Crippen MR) is 65.9 cm³/mol. The third-order valence-corrected chi connectivity index (χ3v) is 2.78. The fourth-order valence-electron chi connectivity index (χ4n) is 1.93. The number of rotatable bonds is 1. The number of halogens is 2. The molecule has 0 N–H and O–H groups in total. The van der Waals surface area contributed by atoms with E-state index in [-0.39, 0.29) is 31.7 Å². The van der Waals surface area contributed by atoms with E-state index in [4.69, 9.17) is 0 Å². The molecular weight excluding hydrogens is 424 g/mol. The van der Waals surface area contributed by atoms with Crippen LogP contribution in [0.5, 0.6) is 0 Å². The van der Waals surface area contributed by atoms with E-state index >= 15 is 0 Å². The first-order valence-electron chi connectivity index (χ1n) is 5.46. The van der Waals surface area contributed by atoms with Gasteiger partial charge in [-0.25, -0.2) is 4.39 Å². The van der Waals surface area contributed by atoms with Crippen molar-refractivity contribution in [3.05, 3.63) is 66.4 Å². The number of hydrogen-bond donors (Lipinski definition) is 0. The van der Waals surface area contributed by atoms with Crippen molar-refractivity contribution in [3.63, 3.8) is 0 Å². The number of benzene rings is 2. The van der Waals surface area contributed by atoms with Crippen LogP contribution >= 0.6 is 0 Å². The summed E-state index contributed by atoms with van der Waals surface area (Å²) in [6.07, 6.45) is 1.18. The van der Waals surface area contributed by atoms with Crippen LogP contribution in [-0.4, -0.2) is 4.98 Å². The van der Waals surface area contributed by atoms with E-state index in [0.29, 0.717) is 22.0 Å². The summed E-state index contributed by atoms with van der Waals surface area (Å²) in [4.78, 5) is 4.08. The Balaban J connectivity index is 0.00000133. The van der Waals surface area contributed by atoms with Crippen molar-refractivity contribution in [1.29, 1.82) is 0 Å². The molecule has 0 saturated carbocycles. The number of hydrogen-bond acceptors (Lipinski definition) is 1. The number of aromatic nitrogens is 1. The van der Waals surface area contributed by atoms with Gasteiger partial charge in [0.15, 0.2) is 0 Å². The Morgan fingerprint density at radius 1 is 0.947 bits per heavy atom. The molecule has 0 spiro atoms. The minimum Gasteiger partial charge on any atom is -0.301 e. The van der Waals surface area contributed by atoms with E-state index in [9.17, 15) is 8.78 Å². The van der Waals surface area contributed by atoms with Crippen molar-refractivity contribution in [2.24, 2.45) is 0 Å². The van der Waals surface area contributed by atoms with Gasteiger partial charge in [-0.15, -0.1) is 29.8 Å². The summed E-state index contributed by atoms with van der Waals surface area (Å²) >= 11 is 0. The van der Waals surface area contributed by atoms with Crippen LogP contribution in [0, 0.1) is 17.7 Å². The molecule has 0 amide bonds. The maximum atomic E-state index is 13.6. The Labute approximate surface area is 122 Å². The van der Waals surface area contributed by atoms with E-state index in [1.54, 1.807) is 24.3 Å². The van der Waals surface area contributed by atoms with E-state index in [1.165, 1.54) is 18.3 Å². The summed E-state index contributed by atoms with van der Waals surface area (Å²) < 4.78 is 26.5. The van der Waals surface area contributed by atoms with Crippen LogP contribution in [-0.2, 0) is 20.1 Å². The zero-order chi connectivity index (χ0) is 12.5. The molecule has 1 heterocycles. The average Bonchev–Trinajstić information content (AvgIpc) is 2.41. The summed E-state index contributed by atoms with van der Waals surface area (Å²) in [6.45, 7) is 0. The molecule has 0 atom stereocenters. The maximum absolute atomic E-state index is 13.6. The first-order chi connectivity index (χ1) is 8.75. The molecule has 0 saturated heterocycles. The molecule has 3 aromatic rings.